The van der Waals surface area contributed by atoms with Crippen LogP contribution in [0.15, 0.2) is 0 Å². The van der Waals surface area contributed by atoms with Crippen molar-refractivity contribution in [1.29, 1.82) is 0 Å². The summed E-state index contributed by atoms with van der Waals surface area (Å²) in [6.45, 7) is 13.9. The summed E-state index contributed by atoms with van der Waals surface area (Å²) in [6.07, 6.45) is 28.8. The average molecular weight is 706 g/mol. The Labute approximate surface area is 311 Å². The van der Waals surface area contributed by atoms with E-state index in [9.17, 15) is 0 Å². The van der Waals surface area contributed by atoms with Gasteiger partial charge in [0.25, 0.3) is 0 Å². The smallest absolute Gasteiger partial charge is 0.231 e. The molecule has 3 N–H and O–H groups in total. The van der Waals surface area contributed by atoms with Gasteiger partial charge in [0.2, 0.25) is 17.8 Å². The molecule has 9 nitrogen and oxygen atoms in total. The molecule has 6 aliphatic heterocycles. The molecular weight excluding hydrogens is 631 g/mol. The third-order valence-electron chi connectivity index (χ3n) is 14.3. The molecule has 1 aromatic heterocycles. The Bertz CT molecular complexity index is 957. The molecule has 6 saturated heterocycles. The van der Waals surface area contributed by atoms with Crippen molar-refractivity contribution in [3.8, 4) is 0 Å². The molecule has 0 radical (unpaired) electrons. The van der Waals surface area contributed by atoms with Gasteiger partial charge in [-0.2, -0.15) is 15.0 Å². The highest BCUT2D eigenvalue weighted by Crippen LogP contribution is 2.33. The summed E-state index contributed by atoms with van der Waals surface area (Å²) >= 11 is 0. The zero-order valence-corrected chi connectivity index (χ0v) is 32.5. The molecule has 0 amide bonds. The number of aromatic nitrogens is 3. The fraction of sp³-hybridized carbons (Fsp3) is 0.929. The lowest BCUT2D eigenvalue weighted by molar-refractivity contribution is 0.311. The molecule has 7 heterocycles. The van der Waals surface area contributed by atoms with E-state index in [1.54, 1.807) is 0 Å². The quantitative estimate of drug-likeness (QED) is 0.178. The molecule has 0 unspecified atom stereocenters. The first-order chi connectivity index (χ1) is 25.2. The molecule has 9 heteroatoms. The van der Waals surface area contributed by atoms with Gasteiger partial charge in [-0.05, 0) is 152 Å². The average Bonchev–Trinajstić information content (AvgIpc) is 3.20. The summed E-state index contributed by atoms with van der Waals surface area (Å²) < 4.78 is 0. The molecule has 0 saturated carbocycles. The summed E-state index contributed by atoms with van der Waals surface area (Å²) in [4.78, 5) is 23.3. The molecule has 51 heavy (non-hydrogen) atoms. The molecule has 6 fully saturated rings. The predicted octanol–water partition coefficient (Wildman–Crippen LogP) is 7.03. The zero-order valence-electron chi connectivity index (χ0n) is 32.5. The number of hydrogen-bond donors (Lipinski definition) is 3. The summed E-state index contributed by atoms with van der Waals surface area (Å²) in [5.41, 5.74) is 0. The van der Waals surface area contributed by atoms with E-state index in [-0.39, 0.29) is 0 Å². The van der Waals surface area contributed by atoms with E-state index in [0.29, 0.717) is 0 Å². The molecule has 7 rings (SSSR count). The monoisotopic (exact) mass is 706 g/mol. The van der Waals surface area contributed by atoms with Gasteiger partial charge in [0.15, 0.2) is 0 Å². The highest BCUT2D eigenvalue weighted by molar-refractivity contribution is 5.47. The van der Waals surface area contributed by atoms with Gasteiger partial charge in [0.1, 0.15) is 0 Å². The third-order valence-corrected chi connectivity index (χ3v) is 14.3. The van der Waals surface area contributed by atoms with Crippen LogP contribution in [0.2, 0.25) is 0 Å². The van der Waals surface area contributed by atoms with Crippen LogP contribution in [0, 0.1) is 35.5 Å². The van der Waals surface area contributed by atoms with Crippen molar-refractivity contribution >= 4 is 17.8 Å². The summed E-state index contributed by atoms with van der Waals surface area (Å²) in [7, 11) is 0. The van der Waals surface area contributed by atoms with Crippen molar-refractivity contribution in [3.63, 3.8) is 0 Å². The molecule has 0 atom stereocenters. The topological polar surface area (TPSA) is 84.5 Å². The maximum atomic E-state index is 5.26. The number of piperidine rings is 6. The minimum Gasteiger partial charge on any atom is -0.341 e. The summed E-state index contributed by atoms with van der Waals surface area (Å²) in [6, 6.07) is 0. The van der Waals surface area contributed by atoms with Crippen molar-refractivity contribution in [1.82, 2.24) is 30.9 Å². The Morgan fingerprint density at radius 3 is 0.784 bits per heavy atom. The first-order valence-corrected chi connectivity index (χ1v) is 22.4. The maximum Gasteiger partial charge on any atom is 0.231 e. The number of nitrogens with one attached hydrogen (secondary N) is 3. The van der Waals surface area contributed by atoms with Crippen LogP contribution in [0.4, 0.5) is 17.8 Å². The Balaban J connectivity index is 0.921. The van der Waals surface area contributed by atoms with Gasteiger partial charge in [-0.15, -0.1) is 0 Å². The van der Waals surface area contributed by atoms with Crippen LogP contribution in [0.3, 0.4) is 0 Å². The van der Waals surface area contributed by atoms with Gasteiger partial charge in [-0.3, -0.25) is 0 Å². The lowest BCUT2D eigenvalue weighted by Crippen LogP contribution is -2.40. The Kier molecular flexibility index (Phi) is 14.8. The van der Waals surface area contributed by atoms with Crippen LogP contribution in [0.25, 0.3) is 0 Å². The zero-order chi connectivity index (χ0) is 34.5. The molecule has 0 aromatic carbocycles. The van der Waals surface area contributed by atoms with E-state index >= 15 is 0 Å². The molecule has 6 aliphatic rings. The van der Waals surface area contributed by atoms with Crippen LogP contribution in [-0.4, -0.2) is 93.5 Å². The normalized spacial score (nSPS) is 24.8. The lowest BCUT2D eigenvalue weighted by atomic mass is 9.87. The molecule has 0 aliphatic carbocycles. The van der Waals surface area contributed by atoms with Crippen molar-refractivity contribution in [2.45, 2.75) is 135 Å². The van der Waals surface area contributed by atoms with E-state index < -0.39 is 0 Å². The van der Waals surface area contributed by atoms with Crippen LogP contribution in [-0.2, 0) is 0 Å². The van der Waals surface area contributed by atoms with Gasteiger partial charge in [0.05, 0.1) is 0 Å². The second-order valence-electron chi connectivity index (χ2n) is 17.9. The molecule has 0 spiro atoms. The number of nitrogens with zero attached hydrogens (tertiary/aromatic N) is 6. The van der Waals surface area contributed by atoms with Gasteiger partial charge in [-0.25, -0.2) is 0 Å². The first-order valence-electron chi connectivity index (χ1n) is 22.4. The molecule has 1 aromatic rings. The first kappa shape index (κ1) is 37.6. The van der Waals surface area contributed by atoms with Gasteiger partial charge >= 0.3 is 0 Å². The largest absolute Gasteiger partial charge is 0.341 e. The summed E-state index contributed by atoms with van der Waals surface area (Å²) in [5.74, 6) is 8.35. The number of rotatable bonds is 15. The fourth-order valence-electron chi connectivity index (χ4n) is 10.6. The number of hydrogen-bond acceptors (Lipinski definition) is 9. The van der Waals surface area contributed by atoms with Crippen molar-refractivity contribution in [3.05, 3.63) is 0 Å². The van der Waals surface area contributed by atoms with Crippen molar-refractivity contribution < 1.29 is 0 Å². The third kappa shape index (κ3) is 11.6. The van der Waals surface area contributed by atoms with E-state index in [2.05, 4.69) is 30.7 Å². The predicted molar refractivity (Wildman–Crippen MR) is 213 cm³/mol. The minimum absolute atomic E-state index is 0.867. The Hall–Kier alpha value is -1.71. The van der Waals surface area contributed by atoms with Crippen LogP contribution in [0.1, 0.15) is 135 Å². The van der Waals surface area contributed by atoms with Crippen LogP contribution >= 0.6 is 0 Å². The van der Waals surface area contributed by atoms with Gasteiger partial charge < -0.3 is 30.7 Å². The van der Waals surface area contributed by atoms with Crippen molar-refractivity contribution in [2.75, 3.05) is 93.2 Å². The molecular formula is C42H75N9. The second-order valence-corrected chi connectivity index (χ2v) is 17.9. The number of anilines is 3. The second kappa shape index (κ2) is 20.1. The SMILES string of the molecule is C(CC1CCNCC1)CC1CCN(c2nc(N3CCC(CCCC4CCNCC4)CC3)nc(N3CCC(CCCC4CCNCC4)CC3)n2)CC1. The molecule has 0 bridgehead atoms. The Morgan fingerprint density at radius 1 is 0.333 bits per heavy atom. The Morgan fingerprint density at radius 2 is 0.549 bits per heavy atom. The lowest BCUT2D eigenvalue weighted by Gasteiger charge is -2.36. The van der Waals surface area contributed by atoms with E-state index in [0.717, 1.165) is 92.6 Å². The van der Waals surface area contributed by atoms with Crippen LogP contribution < -0.4 is 30.7 Å². The summed E-state index contributed by atoms with van der Waals surface area (Å²) in [5, 5.41) is 10.6. The fourth-order valence-corrected chi connectivity index (χ4v) is 10.6. The van der Waals surface area contributed by atoms with E-state index in [4.69, 9.17) is 15.0 Å². The highest BCUT2D eigenvalue weighted by atomic mass is 15.4. The maximum absolute atomic E-state index is 5.26. The van der Waals surface area contributed by atoms with Gasteiger partial charge in [-0.1, -0.05) is 57.8 Å². The minimum atomic E-state index is 0.867. The van der Waals surface area contributed by atoms with E-state index in [1.165, 1.54) is 174 Å². The van der Waals surface area contributed by atoms with Gasteiger partial charge in [0, 0.05) is 39.3 Å². The highest BCUT2D eigenvalue weighted by Gasteiger charge is 2.29. The van der Waals surface area contributed by atoms with Crippen LogP contribution in [0.5, 0.6) is 0 Å². The standard InChI is InChI=1S/C42H75N9/c1(4-34-10-22-43-23-11-34)7-37-16-28-49(29-17-37)40-46-41(50-30-18-38(19-31-50)8-2-5-35-12-24-44-25-13-35)48-42(47-40)51-32-20-39(21-33-51)9-3-6-36-14-26-45-27-15-36/h34-39,43-45H,1-33H2. The molecule has 288 valence electrons. The van der Waals surface area contributed by atoms with E-state index in [1.807, 2.05) is 0 Å². The van der Waals surface area contributed by atoms with Crippen molar-refractivity contribution in [2.24, 2.45) is 35.5 Å².